The molecule has 0 unspecified atom stereocenters. The third kappa shape index (κ3) is 4.78. The third-order valence-electron chi connectivity index (χ3n) is 3.76. The molecule has 0 radical (unpaired) electrons. The molecule has 0 saturated heterocycles. The van der Waals surface area contributed by atoms with Crippen LogP contribution in [0.25, 0.3) is 0 Å². The average molecular weight is 434 g/mol. The Labute approximate surface area is 171 Å². The SMILES string of the molecule is C/C(=N\NC(=O)c1ccccc1NS(=O)(=O)c1cccs1)c1ccc(Cl)cc1. The van der Waals surface area contributed by atoms with E-state index < -0.39 is 15.9 Å². The Kier molecular flexibility index (Phi) is 6.13. The molecule has 0 fully saturated rings. The van der Waals surface area contributed by atoms with Gasteiger partial charge in [-0.25, -0.2) is 13.8 Å². The van der Waals surface area contributed by atoms with Crippen LogP contribution in [-0.4, -0.2) is 20.0 Å². The first-order valence-corrected chi connectivity index (χ1v) is 10.9. The van der Waals surface area contributed by atoms with Gasteiger partial charge in [0.1, 0.15) is 4.21 Å². The molecule has 0 aliphatic carbocycles. The lowest BCUT2D eigenvalue weighted by Gasteiger charge is -2.11. The van der Waals surface area contributed by atoms with Crippen molar-refractivity contribution in [3.8, 4) is 0 Å². The molecule has 1 aromatic heterocycles. The van der Waals surface area contributed by atoms with Gasteiger partial charge in [-0.2, -0.15) is 5.10 Å². The first kappa shape index (κ1) is 20.1. The first-order valence-electron chi connectivity index (χ1n) is 8.13. The summed E-state index contributed by atoms with van der Waals surface area (Å²) >= 11 is 6.96. The van der Waals surface area contributed by atoms with Crippen LogP contribution in [-0.2, 0) is 10.0 Å². The highest BCUT2D eigenvalue weighted by atomic mass is 35.5. The molecule has 6 nitrogen and oxygen atoms in total. The summed E-state index contributed by atoms with van der Waals surface area (Å²) in [5, 5.41) is 6.36. The highest BCUT2D eigenvalue weighted by molar-refractivity contribution is 7.94. The monoisotopic (exact) mass is 433 g/mol. The Morgan fingerprint density at radius 3 is 2.43 bits per heavy atom. The van der Waals surface area contributed by atoms with E-state index >= 15 is 0 Å². The van der Waals surface area contributed by atoms with Crippen molar-refractivity contribution in [1.82, 2.24) is 5.43 Å². The van der Waals surface area contributed by atoms with E-state index in [-0.39, 0.29) is 15.5 Å². The lowest BCUT2D eigenvalue weighted by atomic mass is 10.1. The van der Waals surface area contributed by atoms with Crippen LogP contribution in [0, 0.1) is 0 Å². The quantitative estimate of drug-likeness (QED) is 0.447. The van der Waals surface area contributed by atoms with Gasteiger partial charge in [0.25, 0.3) is 15.9 Å². The van der Waals surface area contributed by atoms with E-state index in [0.29, 0.717) is 10.7 Å². The lowest BCUT2D eigenvalue weighted by molar-refractivity contribution is 0.0955. The molecular weight excluding hydrogens is 418 g/mol. The van der Waals surface area contributed by atoms with Gasteiger partial charge in [0, 0.05) is 5.02 Å². The van der Waals surface area contributed by atoms with Crippen LogP contribution in [0.5, 0.6) is 0 Å². The van der Waals surface area contributed by atoms with Gasteiger partial charge in [0.15, 0.2) is 0 Å². The molecular formula is C19H16ClN3O3S2. The minimum atomic E-state index is -3.76. The number of benzene rings is 2. The Hall–Kier alpha value is -2.68. The summed E-state index contributed by atoms with van der Waals surface area (Å²) in [7, 11) is -3.76. The number of rotatable bonds is 6. The molecule has 0 bridgehead atoms. The smallest absolute Gasteiger partial charge is 0.273 e. The molecule has 144 valence electrons. The number of amides is 1. The van der Waals surface area contributed by atoms with E-state index in [0.717, 1.165) is 16.9 Å². The number of nitrogens with one attached hydrogen (secondary N) is 2. The molecule has 0 aliphatic heterocycles. The van der Waals surface area contributed by atoms with Crippen molar-refractivity contribution in [2.24, 2.45) is 5.10 Å². The van der Waals surface area contributed by atoms with Crippen LogP contribution in [0.4, 0.5) is 5.69 Å². The molecule has 9 heteroatoms. The van der Waals surface area contributed by atoms with Gasteiger partial charge in [0.05, 0.1) is 17.0 Å². The molecule has 1 amide bonds. The van der Waals surface area contributed by atoms with Crippen LogP contribution in [0.2, 0.25) is 5.02 Å². The number of sulfonamides is 1. The maximum Gasteiger partial charge on any atom is 0.273 e. The second kappa shape index (κ2) is 8.55. The maximum atomic E-state index is 12.6. The van der Waals surface area contributed by atoms with Crippen LogP contribution in [0.1, 0.15) is 22.8 Å². The van der Waals surface area contributed by atoms with E-state index in [2.05, 4.69) is 15.2 Å². The Morgan fingerprint density at radius 2 is 1.75 bits per heavy atom. The minimum Gasteiger partial charge on any atom is -0.278 e. The first-order chi connectivity index (χ1) is 13.4. The number of carbonyl (C=O) groups excluding carboxylic acids is 1. The van der Waals surface area contributed by atoms with Gasteiger partial charge in [-0.05, 0) is 48.2 Å². The van der Waals surface area contributed by atoms with Gasteiger partial charge >= 0.3 is 0 Å². The largest absolute Gasteiger partial charge is 0.278 e. The topological polar surface area (TPSA) is 87.6 Å². The second-order valence-electron chi connectivity index (χ2n) is 5.73. The minimum absolute atomic E-state index is 0.162. The molecule has 0 aliphatic rings. The fourth-order valence-corrected chi connectivity index (χ4v) is 4.53. The molecule has 0 saturated carbocycles. The third-order valence-corrected chi connectivity index (χ3v) is 6.78. The summed E-state index contributed by atoms with van der Waals surface area (Å²) < 4.78 is 27.5. The zero-order chi connectivity index (χ0) is 20.1. The normalized spacial score (nSPS) is 11.9. The van der Waals surface area contributed by atoms with Gasteiger partial charge in [0.2, 0.25) is 0 Å². The van der Waals surface area contributed by atoms with Crippen LogP contribution < -0.4 is 10.1 Å². The molecule has 28 heavy (non-hydrogen) atoms. The zero-order valence-corrected chi connectivity index (χ0v) is 17.1. The van der Waals surface area contributed by atoms with E-state index in [1.165, 1.54) is 18.2 Å². The van der Waals surface area contributed by atoms with Crippen molar-refractivity contribution in [3.05, 3.63) is 82.2 Å². The summed E-state index contributed by atoms with van der Waals surface area (Å²) in [5.74, 6) is -0.530. The molecule has 3 rings (SSSR count). The predicted molar refractivity (Wildman–Crippen MR) is 113 cm³/mol. The Bertz CT molecular complexity index is 1110. The standard InChI is InChI=1S/C19H16ClN3O3S2/c1-13(14-8-10-15(20)11-9-14)21-22-19(24)16-5-2-3-6-17(16)23-28(25,26)18-7-4-12-27-18/h2-12,23H,1H3,(H,22,24)/b21-13+. The Balaban J connectivity index is 1.79. The number of nitrogens with zero attached hydrogens (tertiary/aromatic N) is 1. The summed E-state index contributed by atoms with van der Waals surface area (Å²) in [4.78, 5) is 12.6. The van der Waals surface area contributed by atoms with Crippen LogP contribution in [0.3, 0.4) is 0 Å². The Morgan fingerprint density at radius 1 is 1.04 bits per heavy atom. The fourth-order valence-electron chi connectivity index (χ4n) is 2.33. The fraction of sp³-hybridized carbons (Fsp3) is 0.0526. The van der Waals surface area contributed by atoms with Gasteiger partial charge in [-0.3, -0.25) is 9.52 Å². The van der Waals surface area contributed by atoms with Gasteiger partial charge in [-0.15, -0.1) is 11.3 Å². The van der Waals surface area contributed by atoms with E-state index in [9.17, 15) is 13.2 Å². The van der Waals surface area contributed by atoms with Crippen molar-refractivity contribution in [1.29, 1.82) is 0 Å². The summed E-state index contributed by atoms with van der Waals surface area (Å²) in [6.45, 7) is 1.74. The van der Waals surface area contributed by atoms with E-state index in [1.807, 2.05) is 0 Å². The van der Waals surface area contributed by atoms with E-state index in [1.54, 1.807) is 54.8 Å². The number of para-hydroxylation sites is 1. The maximum absolute atomic E-state index is 12.6. The molecule has 0 spiro atoms. The predicted octanol–water partition coefficient (Wildman–Crippen LogP) is 4.36. The lowest BCUT2D eigenvalue weighted by Crippen LogP contribution is -2.22. The number of hydrogen-bond acceptors (Lipinski definition) is 5. The van der Waals surface area contributed by atoms with Crippen LogP contribution >= 0.6 is 22.9 Å². The number of hydrazone groups is 1. The van der Waals surface area contributed by atoms with Crippen molar-refractivity contribution >= 4 is 50.3 Å². The number of hydrogen-bond donors (Lipinski definition) is 2. The molecule has 3 aromatic rings. The summed E-state index contributed by atoms with van der Waals surface area (Å²) in [6, 6.07) is 16.5. The molecule has 2 N–H and O–H groups in total. The van der Waals surface area contributed by atoms with Gasteiger partial charge in [-0.1, -0.05) is 41.9 Å². The van der Waals surface area contributed by atoms with E-state index in [4.69, 9.17) is 11.6 Å². The highest BCUT2D eigenvalue weighted by Gasteiger charge is 2.19. The van der Waals surface area contributed by atoms with Crippen molar-refractivity contribution < 1.29 is 13.2 Å². The average Bonchev–Trinajstić information content (AvgIpc) is 3.22. The van der Waals surface area contributed by atoms with Crippen molar-refractivity contribution in [2.75, 3.05) is 4.72 Å². The van der Waals surface area contributed by atoms with Crippen LogP contribution in [0.15, 0.2) is 75.4 Å². The van der Waals surface area contributed by atoms with Gasteiger partial charge < -0.3 is 0 Å². The zero-order valence-electron chi connectivity index (χ0n) is 14.7. The summed E-state index contributed by atoms with van der Waals surface area (Å²) in [5.41, 5.74) is 4.18. The van der Waals surface area contributed by atoms with Crippen molar-refractivity contribution in [3.63, 3.8) is 0 Å². The number of carbonyl (C=O) groups is 1. The van der Waals surface area contributed by atoms with Crippen molar-refractivity contribution in [2.45, 2.75) is 11.1 Å². The summed E-state index contributed by atoms with van der Waals surface area (Å²) in [6.07, 6.45) is 0. The number of halogens is 1. The molecule has 1 heterocycles. The molecule has 0 atom stereocenters. The highest BCUT2D eigenvalue weighted by Crippen LogP contribution is 2.22. The second-order valence-corrected chi connectivity index (χ2v) is 9.02. The molecule has 2 aromatic carbocycles. The number of anilines is 1. The number of thiophene rings is 1.